The van der Waals surface area contributed by atoms with Crippen LogP contribution in [-0.2, 0) is 13.8 Å². The second-order valence-corrected chi connectivity index (χ2v) is 3.77. The van der Waals surface area contributed by atoms with Crippen LogP contribution in [0.15, 0.2) is 24.0 Å². The summed E-state index contributed by atoms with van der Waals surface area (Å²) in [7, 11) is -1.40. The minimum atomic E-state index is -1.40. The van der Waals surface area contributed by atoms with Gasteiger partial charge < -0.3 is 4.52 Å². The van der Waals surface area contributed by atoms with E-state index in [0.717, 1.165) is 0 Å². The first kappa shape index (κ1) is 7.29. The highest BCUT2D eigenvalue weighted by Crippen LogP contribution is 2.54. The number of hydrogen-bond acceptors (Lipinski definition) is 3. The zero-order valence-corrected chi connectivity index (χ0v) is 7.01. The van der Waals surface area contributed by atoms with Gasteiger partial charge in [0.2, 0.25) is 0 Å². The van der Waals surface area contributed by atoms with Gasteiger partial charge in [0.05, 0.1) is 0 Å². The summed E-state index contributed by atoms with van der Waals surface area (Å²) in [6.07, 6.45) is 4.19. The molecule has 0 aromatic carbocycles. The molecule has 1 aliphatic carbocycles. The van der Waals surface area contributed by atoms with Gasteiger partial charge in [0, 0.05) is 0 Å². The molecule has 3 nitrogen and oxygen atoms in total. The Morgan fingerprint density at radius 1 is 1.64 bits per heavy atom. The zero-order valence-electron chi connectivity index (χ0n) is 5.36. The van der Waals surface area contributed by atoms with E-state index in [4.69, 9.17) is 20.3 Å². The van der Waals surface area contributed by atoms with Crippen LogP contribution in [-0.4, -0.2) is 11.9 Å². The minimum Gasteiger partial charge on any atom is -0.437 e. The fourth-order valence-electron chi connectivity index (χ4n) is 0.922. The van der Waals surface area contributed by atoms with Crippen molar-refractivity contribution in [3.63, 3.8) is 0 Å². The van der Waals surface area contributed by atoms with Gasteiger partial charge in [0.15, 0.2) is 11.9 Å². The Balaban J connectivity index is 2.28. The number of halogens is 1. The molecular weight excluding hydrogens is 186 g/mol. The Kier molecular flexibility index (Phi) is 1.72. The Hall–Kier alpha value is -0.370. The molecule has 1 heterocycles. The van der Waals surface area contributed by atoms with E-state index in [1.54, 1.807) is 12.2 Å². The molecule has 1 aliphatic heterocycles. The smallest absolute Gasteiger partial charge is 0.339 e. The number of rotatable bonds is 0. The summed E-state index contributed by atoms with van der Waals surface area (Å²) < 4.78 is 10.0. The molecule has 0 spiro atoms. The zero-order chi connectivity index (χ0) is 7.84. The molecule has 0 saturated carbocycles. The fourth-order valence-corrected chi connectivity index (χ4v) is 2.14. The molecule has 0 amide bonds. The molecule has 0 aromatic heterocycles. The molecule has 2 rings (SSSR count). The monoisotopic (exact) mass is 190 g/mol. The summed E-state index contributed by atoms with van der Waals surface area (Å²) >= 11 is 5.55. The summed E-state index contributed by atoms with van der Waals surface area (Å²) in [6, 6.07) is 0. The predicted molar refractivity (Wildman–Crippen MR) is 41.0 cm³/mol. The normalized spacial score (nSPS) is 34.6. The first-order chi connectivity index (χ1) is 5.27. The van der Waals surface area contributed by atoms with E-state index in [1.807, 2.05) is 0 Å². The number of ketones is 1. The molecule has 2 atom stereocenters. The van der Waals surface area contributed by atoms with Crippen molar-refractivity contribution in [1.29, 1.82) is 0 Å². The average molecular weight is 191 g/mol. The van der Waals surface area contributed by atoms with Gasteiger partial charge in [-0.15, -0.1) is 0 Å². The first-order valence-electron chi connectivity index (χ1n) is 3.00. The Morgan fingerprint density at radius 2 is 2.45 bits per heavy atom. The summed E-state index contributed by atoms with van der Waals surface area (Å²) in [4.78, 5) is 11.0. The molecule has 0 bridgehead atoms. The van der Waals surface area contributed by atoms with Crippen LogP contribution in [0.2, 0.25) is 0 Å². The molecule has 0 aromatic rings. The molecule has 11 heavy (non-hydrogen) atoms. The highest BCUT2D eigenvalue weighted by atomic mass is 35.7. The van der Waals surface area contributed by atoms with Crippen molar-refractivity contribution in [2.24, 2.45) is 0 Å². The lowest BCUT2D eigenvalue weighted by atomic mass is 10.1. The molecule has 2 aliphatic rings. The van der Waals surface area contributed by atoms with Crippen LogP contribution in [0.5, 0.6) is 0 Å². The SMILES string of the molecule is O=C1C=CC=C2OP(Cl)OC12. The first-order valence-corrected chi connectivity index (χ1v) is 5.08. The highest BCUT2D eigenvalue weighted by molar-refractivity contribution is 7.76. The third kappa shape index (κ3) is 1.20. The second kappa shape index (κ2) is 2.59. The van der Waals surface area contributed by atoms with Crippen LogP contribution >= 0.6 is 19.0 Å². The minimum absolute atomic E-state index is 0.104. The van der Waals surface area contributed by atoms with Crippen LogP contribution in [0.1, 0.15) is 0 Å². The quantitative estimate of drug-likeness (QED) is 0.547. The van der Waals surface area contributed by atoms with Gasteiger partial charge in [-0.05, 0) is 23.4 Å². The third-order valence-electron chi connectivity index (χ3n) is 1.40. The Labute approximate surface area is 69.3 Å². The lowest BCUT2D eigenvalue weighted by Crippen LogP contribution is -2.20. The van der Waals surface area contributed by atoms with Gasteiger partial charge in [-0.2, -0.15) is 0 Å². The molecular formula is C6H4ClO3P. The fraction of sp³-hybridized carbons (Fsp3) is 0.167. The molecule has 1 fully saturated rings. The van der Waals surface area contributed by atoms with Crippen molar-refractivity contribution in [2.75, 3.05) is 0 Å². The maximum absolute atomic E-state index is 11.0. The van der Waals surface area contributed by atoms with E-state index >= 15 is 0 Å². The number of carbonyl (C=O) groups excluding carboxylic acids is 1. The van der Waals surface area contributed by atoms with Gasteiger partial charge in [-0.1, -0.05) is 6.08 Å². The molecule has 5 heteroatoms. The predicted octanol–water partition coefficient (Wildman–Crippen LogP) is 1.89. The topological polar surface area (TPSA) is 35.5 Å². The van der Waals surface area contributed by atoms with Gasteiger partial charge in [0.25, 0.3) is 0 Å². The standard InChI is InChI=1S/C6H4ClO3P/c7-11-9-5-3-1-2-4(8)6(5)10-11/h1-3,6H. The maximum atomic E-state index is 11.0. The molecule has 0 N–H and O–H groups in total. The van der Waals surface area contributed by atoms with Crippen molar-refractivity contribution in [1.82, 2.24) is 0 Å². The van der Waals surface area contributed by atoms with Crippen molar-refractivity contribution < 1.29 is 13.8 Å². The van der Waals surface area contributed by atoms with E-state index in [1.165, 1.54) is 6.08 Å². The lowest BCUT2D eigenvalue weighted by molar-refractivity contribution is -0.119. The maximum Gasteiger partial charge on any atom is 0.339 e. The van der Waals surface area contributed by atoms with E-state index < -0.39 is 13.8 Å². The van der Waals surface area contributed by atoms with E-state index in [-0.39, 0.29) is 5.78 Å². The summed E-state index contributed by atoms with van der Waals surface area (Å²) in [5, 5.41) is 0. The summed E-state index contributed by atoms with van der Waals surface area (Å²) in [5.41, 5.74) is 0. The molecule has 0 radical (unpaired) electrons. The van der Waals surface area contributed by atoms with Gasteiger partial charge in [-0.3, -0.25) is 9.32 Å². The van der Waals surface area contributed by atoms with Crippen molar-refractivity contribution in [2.45, 2.75) is 6.10 Å². The summed E-state index contributed by atoms with van der Waals surface area (Å²) in [6.45, 7) is 0. The van der Waals surface area contributed by atoms with E-state index in [9.17, 15) is 4.79 Å². The van der Waals surface area contributed by atoms with E-state index in [2.05, 4.69) is 0 Å². The van der Waals surface area contributed by atoms with Crippen molar-refractivity contribution >= 4 is 24.8 Å². The Bertz CT molecular complexity index is 261. The summed E-state index contributed by atoms with van der Waals surface area (Å²) in [5.74, 6) is 0.423. The van der Waals surface area contributed by atoms with Crippen LogP contribution in [0.4, 0.5) is 0 Å². The lowest BCUT2D eigenvalue weighted by Gasteiger charge is -2.05. The average Bonchev–Trinajstić information content (AvgIpc) is 2.31. The van der Waals surface area contributed by atoms with Gasteiger partial charge >= 0.3 is 7.73 Å². The number of carbonyl (C=O) groups is 1. The molecule has 2 unspecified atom stereocenters. The van der Waals surface area contributed by atoms with Gasteiger partial charge in [0.1, 0.15) is 5.76 Å². The largest absolute Gasteiger partial charge is 0.437 e. The van der Waals surface area contributed by atoms with Crippen molar-refractivity contribution in [3.05, 3.63) is 24.0 Å². The Morgan fingerprint density at radius 3 is 3.18 bits per heavy atom. The highest BCUT2D eigenvalue weighted by Gasteiger charge is 2.37. The van der Waals surface area contributed by atoms with Crippen LogP contribution in [0.3, 0.4) is 0 Å². The van der Waals surface area contributed by atoms with Gasteiger partial charge in [-0.25, -0.2) is 0 Å². The van der Waals surface area contributed by atoms with Crippen molar-refractivity contribution in [3.8, 4) is 0 Å². The number of allylic oxidation sites excluding steroid dienone is 2. The molecule has 58 valence electrons. The number of hydrogen-bond donors (Lipinski definition) is 0. The van der Waals surface area contributed by atoms with Crippen LogP contribution in [0, 0.1) is 0 Å². The number of fused-ring (bicyclic) bond motifs is 1. The second-order valence-electron chi connectivity index (χ2n) is 2.12. The third-order valence-corrected chi connectivity index (χ3v) is 2.58. The van der Waals surface area contributed by atoms with E-state index in [0.29, 0.717) is 5.76 Å². The molecule has 1 saturated heterocycles. The van der Waals surface area contributed by atoms with Crippen LogP contribution in [0.25, 0.3) is 0 Å². The van der Waals surface area contributed by atoms with Crippen LogP contribution < -0.4 is 0 Å².